The Kier molecular flexibility index (Phi) is 6.68. The number of hydrogen-bond acceptors (Lipinski definition) is 4. The highest BCUT2D eigenvalue weighted by molar-refractivity contribution is 5.82. The van der Waals surface area contributed by atoms with E-state index in [1.54, 1.807) is 20.8 Å². The van der Waals surface area contributed by atoms with Gasteiger partial charge in [-0.05, 0) is 26.7 Å². The number of carbonyl (C=O) groups excluding carboxylic acids is 2. The van der Waals surface area contributed by atoms with Gasteiger partial charge in [-0.15, -0.1) is 0 Å². The number of likely N-dealkylation sites (N-methyl/N-ethyl adjacent to an activating group) is 1. The molecule has 0 unspecified atom stereocenters. The molecule has 0 heterocycles. The van der Waals surface area contributed by atoms with Crippen LogP contribution in [0.25, 0.3) is 0 Å². The van der Waals surface area contributed by atoms with E-state index in [-0.39, 0.29) is 25.0 Å². The van der Waals surface area contributed by atoms with E-state index < -0.39 is 11.7 Å². The van der Waals surface area contributed by atoms with Crippen molar-refractivity contribution in [2.75, 3.05) is 26.7 Å². The molecule has 2 amide bonds. The number of nitrogens with zero attached hydrogens (tertiary/aromatic N) is 1. The minimum absolute atomic E-state index is 0.000725. The quantitative estimate of drug-likeness (QED) is 0.758. The molecule has 2 N–H and O–H groups in total. The van der Waals surface area contributed by atoms with Crippen LogP contribution in [0.3, 0.4) is 0 Å². The maximum atomic E-state index is 11.6. The van der Waals surface area contributed by atoms with Crippen molar-refractivity contribution in [1.82, 2.24) is 10.2 Å². The van der Waals surface area contributed by atoms with E-state index in [0.29, 0.717) is 6.54 Å². The second-order valence-corrected chi connectivity index (χ2v) is 5.43. The van der Waals surface area contributed by atoms with Crippen LogP contribution in [-0.4, -0.2) is 54.4 Å². The van der Waals surface area contributed by atoms with Crippen molar-refractivity contribution in [2.24, 2.45) is 5.92 Å². The molecule has 0 rings (SSSR count). The predicted molar refractivity (Wildman–Crippen MR) is 68.1 cm³/mol. The zero-order valence-corrected chi connectivity index (χ0v) is 11.8. The van der Waals surface area contributed by atoms with Crippen molar-refractivity contribution in [3.8, 4) is 0 Å². The van der Waals surface area contributed by atoms with Gasteiger partial charge >= 0.3 is 6.09 Å². The molecule has 0 bridgehead atoms. The molecule has 0 aromatic carbocycles. The second-order valence-electron chi connectivity index (χ2n) is 5.43. The number of hydrogen-bond donors (Lipinski definition) is 2. The van der Waals surface area contributed by atoms with Crippen LogP contribution in [0, 0.1) is 5.92 Å². The lowest BCUT2D eigenvalue weighted by Crippen LogP contribution is -2.42. The van der Waals surface area contributed by atoms with E-state index >= 15 is 0 Å². The van der Waals surface area contributed by atoms with E-state index in [1.165, 1.54) is 11.9 Å². The summed E-state index contributed by atoms with van der Waals surface area (Å²) in [7, 11) is 1.50. The number of aliphatic hydroxyl groups excluding tert-OH is 1. The molecule has 0 saturated carbocycles. The molecule has 0 fully saturated rings. The van der Waals surface area contributed by atoms with Gasteiger partial charge in [0.25, 0.3) is 0 Å². The molecule has 0 spiro atoms. The fourth-order valence-electron chi connectivity index (χ4n) is 1.03. The highest BCUT2D eigenvalue weighted by Crippen LogP contribution is 2.08. The zero-order chi connectivity index (χ0) is 14.3. The monoisotopic (exact) mass is 260 g/mol. The number of ether oxygens (including phenoxy) is 1. The minimum atomic E-state index is -0.576. The molecular formula is C12H24N2O4. The molecule has 106 valence electrons. The Bertz CT molecular complexity index is 286. The molecule has 0 aliphatic heterocycles. The van der Waals surface area contributed by atoms with Crippen LogP contribution in [0.2, 0.25) is 0 Å². The summed E-state index contributed by atoms with van der Waals surface area (Å²) in [6.45, 7) is 7.45. The predicted octanol–water partition coefficient (Wildman–Crippen LogP) is 0.598. The normalized spacial score (nSPS) is 12.8. The van der Waals surface area contributed by atoms with E-state index in [1.807, 2.05) is 6.92 Å². The number of aliphatic hydroxyl groups is 1. The van der Waals surface area contributed by atoms with Gasteiger partial charge in [0.2, 0.25) is 5.91 Å². The summed E-state index contributed by atoms with van der Waals surface area (Å²) >= 11 is 0. The van der Waals surface area contributed by atoms with E-state index in [0.717, 1.165) is 0 Å². The fraction of sp³-hybridized carbons (Fsp3) is 0.833. The molecule has 0 aliphatic rings. The van der Waals surface area contributed by atoms with Crippen molar-refractivity contribution in [3.05, 3.63) is 0 Å². The Hall–Kier alpha value is -1.30. The van der Waals surface area contributed by atoms with Gasteiger partial charge in [0.1, 0.15) is 12.1 Å². The summed E-state index contributed by atoms with van der Waals surface area (Å²) in [5.74, 6) is -0.274. The maximum absolute atomic E-state index is 11.6. The van der Waals surface area contributed by atoms with E-state index in [4.69, 9.17) is 9.84 Å². The average Bonchev–Trinajstić information content (AvgIpc) is 2.23. The van der Waals surface area contributed by atoms with Crippen LogP contribution in [0.1, 0.15) is 27.7 Å². The molecule has 0 aliphatic carbocycles. The highest BCUT2D eigenvalue weighted by atomic mass is 16.6. The van der Waals surface area contributed by atoms with E-state index in [9.17, 15) is 9.59 Å². The molecule has 0 radical (unpaired) electrons. The molecule has 0 aromatic rings. The summed E-state index contributed by atoms with van der Waals surface area (Å²) in [5.41, 5.74) is -0.576. The van der Waals surface area contributed by atoms with Gasteiger partial charge in [-0.25, -0.2) is 4.79 Å². The van der Waals surface area contributed by atoms with Crippen molar-refractivity contribution in [1.29, 1.82) is 0 Å². The molecule has 6 heteroatoms. The van der Waals surface area contributed by atoms with Gasteiger partial charge in [0, 0.05) is 20.2 Å². The van der Waals surface area contributed by atoms with Gasteiger partial charge in [-0.2, -0.15) is 0 Å². The summed E-state index contributed by atoms with van der Waals surface area (Å²) in [6, 6.07) is 0. The molecule has 18 heavy (non-hydrogen) atoms. The Morgan fingerprint density at radius 1 is 1.39 bits per heavy atom. The second kappa shape index (κ2) is 7.20. The Labute approximate surface area is 108 Å². The third-order valence-corrected chi connectivity index (χ3v) is 2.05. The third-order valence-electron chi connectivity index (χ3n) is 2.05. The van der Waals surface area contributed by atoms with Crippen LogP contribution in [0.4, 0.5) is 4.79 Å². The molecule has 0 saturated heterocycles. The van der Waals surface area contributed by atoms with Crippen LogP contribution in [0.5, 0.6) is 0 Å². The lowest BCUT2D eigenvalue weighted by molar-refractivity contribution is -0.122. The zero-order valence-electron chi connectivity index (χ0n) is 11.8. The standard InChI is InChI=1S/C12H24N2O4/c1-9(8-15)6-13-10(16)7-14(5)11(17)18-12(2,3)4/h9,15H,6-8H2,1-5H3,(H,13,16)/t9-/m1/s1. The van der Waals surface area contributed by atoms with Gasteiger partial charge in [-0.3, -0.25) is 4.79 Å². The molecule has 6 nitrogen and oxygen atoms in total. The van der Waals surface area contributed by atoms with Crippen LogP contribution in [-0.2, 0) is 9.53 Å². The van der Waals surface area contributed by atoms with E-state index in [2.05, 4.69) is 5.32 Å². The molecule has 0 aromatic heterocycles. The largest absolute Gasteiger partial charge is 0.444 e. The van der Waals surface area contributed by atoms with Crippen molar-refractivity contribution < 1.29 is 19.4 Å². The molecular weight excluding hydrogens is 236 g/mol. The first kappa shape index (κ1) is 16.7. The minimum Gasteiger partial charge on any atom is -0.444 e. The smallest absolute Gasteiger partial charge is 0.410 e. The number of nitrogens with one attached hydrogen (secondary N) is 1. The number of amides is 2. The highest BCUT2D eigenvalue weighted by Gasteiger charge is 2.21. The lowest BCUT2D eigenvalue weighted by atomic mass is 10.2. The summed E-state index contributed by atoms with van der Waals surface area (Å²) in [5, 5.41) is 11.4. The van der Waals surface area contributed by atoms with Crippen LogP contribution in [0.15, 0.2) is 0 Å². The Morgan fingerprint density at radius 3 is 2.39 bits per heavy atom. The summed E-state index contributed by atoms with van der Waals surface area (Å²) < 4.78 is 5.11. The van der Waals surface area contributed by atoms with Gasteiger partial charge in [0.15, 0.2) is 0 Å². The van der Waals surface area contributed by atoms with Crippen molar-refractivity contribution >= 4 is 12.0 Å². The number of carbonyl (C=O) groups is 2. The topological polar surface area (TPSA) is 78.9 Å². The van der Waals surface area contributed by atoms with Crippen molar-refractivity contribution in [3.63, 3.8) is 0 Å². The maximum Gasteiger partial charge on any atom is 0.410 e. The van der Waals surface area contributed by atoms with Gasteiger partial charge in [-0.1, -0.05) is 6.92 Å². The summed E-state index contributed by atoms with van der Waals surface area (Å²) in [4.78, 5) is 24.3. The summed E-state index contributed by atoms with van der Waals surface area (Å²) in [6.07, 6.45) is -0.534. The molecule has 1 atom stereocenters. The van der Waals surface area contributed by atoms with Crippen molar-refractivity contribution in [2.45, 2.75) is 33.3 Å². The Balaban J connectivity index is 4.04. The first-order valence-corrected chi connectivity index (χ1v) is 5.97. The first-order valence-electron chi connectivity index (χ1n) is 5.97. The van der Waals surface area contributed by atoms with Crippen LogP contribution < -0.4 is 5.32 Å². The fourth-order valence-corrected chi connectivity index (χ4v) is 1.03. The van der Waals surface area contributed by atoms with Gasteiger partial charge < -0.3 is 20.1 Å². The van der Waals surface area contributed by atoms with Gasteiger partial charge in [0.05, 0.1) is 0 Å². The Morgan fingerprint density at radius 2 is 1.94 bits per heavy atom. The SMILES string of the molecule is C[C@@H](CO)CNC(=O)CN(C)C(=O)OC(C)(C)C. The third kappa shape index (κ3) is 7.89. The first-order chi connectivity index (χ1) is 8.15. The van der Waals surface area contributed by atoms with Crippen LogP contribution >= 0.6 is 0 Å². The average molecular weight is 260 g/mol. The lowest BCUT2D eigenvalue weighted by Gasteiger charge is -2.24. The number of rotatable bonds is 5.